The van der Waals surface area contributed by atoms with Gasteiger partial charge in [0, 0.05) is 37.1 Å². The maximum absolute atomic E-state index is 12.0. The molecule has 0 amide bonds. The lowest BCUT2D eigenvalue weighted by atomic mass is 9.90. The molecule has 2 aliphatic heterocycles. The van der Waals surface area contributed by atoms with E-state index in [-0.39, 0.29) is 12.3 Å². The molecule has 7 rings (SSSR count). The van der Waals surface area contributed by atoms with E-state index in [1.807, 2.05) is 47.0 Å². The second-order valence-corrected chi connectivity index (χ2v) is 11.7. The minimum atomic E-state index is -0.948. The van der Waals surface area contributed by atoms with Gasteiger partial charge in [-0.05, 0) is 60.2 Å². The zero-order chi connectivity index (χ0) is 31.6. The first-order valence-corrected chi connectivity index (χ1v) is 15.6. The van der Waals surface area contributed by atoms with Crippen LogP contribution in [0, 0.1) is 0 Å². The monoisotopic (exact) mass is 616 g/mol. The van der Waals surface area contributed by atoms with Crippen LogP contribution in [0.3, 0.4) is 0 Å². The number of carbonyl (C=O) groups is 1. The van der Waals surface area contributed by atoms with E-state index in [4.69, 9.17) is 19.2 Å². The average molecular weight is 617 g/mol. The summed E-state index contributed by atoms with van der Waals surface area (Å²) in [7, 11) is 3.28. The molecule has 0 unspecified atom stereocenters. The van der Waals surface area contributed by atoms with E-state index in [2.05, 4.69) is 40.2 Å². The number of fused-ring (bicyclic) bond motifs is 3. The molecule has 234 valence electrons. The molecule has 1 fully saturated rings. The highest BCUT2D eigenvalue weighted by molar-refractivity contribution is 5.88. The van der Waals surface area contributed by atoms with Gasteiger partial charge in [0.15, 0.2) is 11.5 Å². The Morgan fingerprint density at radius 3 is 2.39 bits per heavy atom. The highest BCUT2D eigenvalue weighted by atomic mass is 16.5. The Kier molecular flexibility index (Phi) is 8.15. The van der Waals surface area contributed by atoms with Crippen LogP contribution in [0.4, 0.5) is 0 Å². The van der Waals surface area contributed by atoms with Crippen molar-refractivity contribution in [3.8, 4) is 17.2 Å². The van der Waals surface area contributed by atoms with Gasteiger partial charge in [-0.1, -0.05) is 54.1 Å². The molecule has 2 aromatic heterocycles. The third-order valence-electron chi connectivity index (χ3n) is 8.95. The molecule has 9 heteroatoms. The predicted molar refractivity (Wildman–Crippen MR) is 175 cm³/mol. The van der Waals surface area contributed by atoms with E-state index < -0.39 is 5.97 Å². The van der Waals surface area contributed by atoms with Crippen molar-refractivity contribution in [1.29, 1.82) is 0 Å². The van der Waals surface area contributed by atoms with Crippen molar-refractivity contribution in [3.63, 3.8) is 0 Å². The molecule has 5 aromatic rings. The van der Waals surface area contributed by atoms with Crippen molar-refractivity contribution in [2.75, 3.05) is 27.3 Å². The van der Waals surface area contributed by atoms with Crippen LogP contribution >= 0.6 is 0 Å². The van der Waals surface area contributed by atoms with Gasteiger partial charge in [-0.2, -0.15) is 0 Å². The molecule has 1 N–H and O–H groups in total. The summed E-state index contributed by atoms with van der Waals surface area (Å²) in [6.07, 6.45) is 4.00. The Balaban J connectivity index is 1.10. The van der Waals surface area contributed by atoms with Gasteiger partial charge in [0.25, 0.3) is 0 Å². The van der Waals surface area contributed by atoms with Crippen molar-refractivity contribution in [3.05, 3.63) is 118 Å². The molecule has 0 atom stereocenters. The summed E-state index contributed by atoms with van der Waals surface area (Å²) in [6, 6.07) is 24.5. The maximum Gasteiger partial charge on any atom is 0.354 e. The van der Waals surface area contributed by atoms with Gasteiger partial charge in [-0.15, -0.1) is 0 Å². The van der Waals surface area contributed by atoms with Crippen LogP contribution in [-0.4, -0.2) is 57.8 Å². The number of aryl methyl sites for hydroxylation is 1. The summed E-state index contributed by atoms with van der Waals surface area (Å²) in [6.45, 7) is 3.35. The molecular formula is C37H36N4O5. The fourth-order valence-electron chi connectivity index (χ4n) is 6.65. The van der Waals surface area contributed by atoms with Crippen LogP contribution in [0.15, 0.2) is 84.6 Å². The second-order valence-electron chi connectivity index (χ2n) is 11.7. The molecule has 1 saturated heterocycles. The van der Waals surface area contributed by atoms with Gasteiger partial charge in [0.2, 0.25) is 5.75 Å². The van der Waals surface area contributed by atoms with Crippen LogP contribution in [0.2, 0.25) is 0 Å². The van der Waals surface area contributed by atoms with E-state index in [0.717, 1.165) is 78.0 Å². The minimum Gasteiger partial charge on any atom is -0.493 e. The zero-order valence-electron chi connectivity index (χ0n) is 26.0. The molecule has 2 aliphatic rings. The fraction of sp³-hybridized carbons (Fsp3) is 0.270. The number of benzene rings is 3. The van der Waals surface area contributed by atoms with Gasteiger partial charge < -0.3 is 23.9 Å². The molecule has 4 heterocycles. The summed E-state index contributed by atoms with van der Waals surface area (Å²) in [5, 5.41) is 10.9. The van der Waals surface area contributed by atoms with Crippen molar-refractivity contribution in [2.45, 2.75) is 39.0 Å². The lowest BCUT2D eigenvalue weighted by Gasteiger charge is -2.30. The number of carboxylic acids is 1. The van der Waals surface area contributed by atoms with Gasteiger partial charge >= 0.3 is 5.97 Å². The van der Waals surface area contributed by atoms with Crippen LogP contribution in [0.1, 0.15) is 51.5 Å². The van der Waals surface area contributed by atoms with Gasteiger partial charge in [-0.25, -0.2) is 14.8 Å². The number of piperidine rings is 1. The molecule has 0 bridgehead atoms. The highest BCUT2D eigenvalue weighted by Gasteiger charge is 2.28. The summed E-state index contributed by atoms with van der Waals surface area (Å²) in [5.41, 5.74) is 7.86. The molecule has 0 aliphatic carbocycles. The lowest BCUT2D eigenvalue weighted by Crippen LogP contribution is -2.30. The Hall–Kier alpha value is -5.15. The highest BCUT2D eigenvalue weighted by Crippen LogP contribution is 2.40. The van der Waals surface area contributed by atoms with Crippen molar-refractivity contribution < 1.29 is 24.1 Å². The van der Waals surface area contributed by atoms with Gasteiger partial charge in [0.1, 0.15) is 18.1 Å². The number of imidazole rings is 1. The molecule has 9 nitrogen and oxygen atoms in total. The first-order chi connectivity index (χ1) is 22.5. The number of rotatable bonds is 8. The fourth-order valence-corrected chi connectivity index (χ4v) is 6.65. The summed E-state index contributed by atoms with van der Waals surface area (Å²) in [4.78, 5) is 23.8. The number of aromatic nitrogens is 3. The largest absolute Gasteiger partial charge is 0.493 e. The summed E-state index contributed by atoms with van der Waals surface area (Å²) in [5.74, 6) is 1.60. The maximum atomic E-state index is 12.0. The third kappa shape index (κ3) is 5.70. The number of pyridine rings is 1. The average Bonchev–Trinajstić information content (AvgIpc) is 3.44. The second kappa shape index (κ2) is 12.7. The topological polar surface area (TPSA) is 98.9 Å². The Morgan fingerprint density at radius 1 is 0.891 bits per heavy atom. The number of carboxylic acid groups (broad SMARTS) is 1. The number of aromatic carboxylic acids is 1. The summed E-state index contributed by atoms with van der Waals surface area (Å²) >= 11 is 0. The van der Waals surface area contributed by atoms with Crippen molar-refractivity contribution in [2.24, 2.45) is 0 Å². The number of methoxy groups -OCH3 is 2. The standard InChI is InChI=1S/C37H36N4O5/c1-44-32-19-24(20-33(45-2)35(32)46-23-28-12-11-26-8-4-6-10-30(26)39-28)22-40-16-13-27(14-17-40)34-29-9-5-3-7-25(29)15-18-41-31(37(42)43)21-38-36(34)41/h3-12,19-21H,13-18,22-23H2,1-2H3,(H,42,43). The van der Waals surface area contributed by atoms with E-state index in [1.165, 1.54) is 17.3 Å². The van der Waals surface area contributed by atoms with E-state index in [9.17, 15) is 9.90 Å². The number of ether oxygens (including phenoxy) is 3. The zero-order valence-corrected chi connectivity index (χ0v) is 26.0. The number of likely N-dealkylation sites (tertiary alicyclic amines) is 1. The first kappa shape index (κ1) is 29.6. The number of hydrogen-bond acceptors (Lipinski definition) is 7. The lowest BCUT2D eigenvalue weighted by molar-refractivity contribution is 0.0685. The molecule has 0 spiro atoms. The van der Waals surface area contributed by atoms with Gasteiger partial charge in [-0.3, -0.25) is 4.90 Å². The molecular weight excluding hydrogens is 580 g/mol. The Labute approximate surface area is 267 Å². The molecule has 46 heavy (non-hydrogen) atoms. The van der Waals surface area contributed by atoms with Crippen molar-refractivity contribution in [1.82, 2.24) is 19.4 Å². The molecule has 0 saturated carbocycles. The minimum absolute atomic E-state index is 0.238. The van der Waals surface area contributed by atoms with E-state index in [1.54, 1.807) is 14.2 Å². The summed E-state index contributed by atoms with van der Waals surface area (Å²) < 4.78 is 19.6. The Bertz CT molecular complexity index is 1930. The first-order valence-electron chi connectivity index (χ1n) is 15.6. The van der Waals surface area contributed by atoms with Crippen LogP contribution in [0.5, 0.6) is 17.2 Å². The van der Waals surface area contributed by atoms with Gasteiger partial charge in [0.05, 0.1) is 31.6 Å². The predicted octanol–water partition coefficient (Wildman–Crippen LogP) is 6.38. The van der Waals surface area contributed by atoms with Crippen molar-refractivity contribution >= 4 is 22.4 Å². The molecule has 0 radical (unpaired) electrons. The smallest absolute Gasteiger partial charge is 0.354 e. The van der Waals surface area contributed by atoms with Crippen LogP contribution in [0.25, 0.3) is 16.5 Å². The third-order valence-corrected chi connectivity index (χ3v) is 8.95. The molecule has 3 aromatic carbocycles. The van der Waals surface area contributed by atoms with Crippen LogP contribution in [-0.2, 0) is 26.1 Å². The number of nitrogens with zero attached hydrogens (tertiary/aromatic N) is 4. The Morgan fingerprint density at radius 2 is 1.63 bits per heavy atom. The van der Waals surface area contributed by atoms with E-state index >= 15 is 0 Å². The number of para-hydroxylation sites is 1. The quantitative estimate of drug-likeness (QED) is 0.215. The number of hydrogen-bond donors (Lipinski definition) is 1. The SMILES string of the molecule is COc1cc(CN2CCC(=C3c4ccccc4CCn4c(C(=O)O)cnc43)CC2)cc(OC)c1OCc1ccc2ccccc2n1. The normalized spacial score (nSPS) is 14.8. The van der Waals surface area contributed by atoms with E-state index in [0.29, 0.717) is 23.8 Å². The van der Waals surface area contributed by atoms with Crippen LogP contribution < -0.4 is 14.2 Å².